The van der Waals surface area contributed by atoms with E-state index in [1.807, 2.05) is 6.08 Å². The Kier molecular flexibility index (Phi) is 8.93. The maximum atomic E-state index is 10.2. The topological polar surface area (TPSA) is 57.5 Å². The van der Waals surface area contributed by atoms with Gasteiger partial charge in [0, 0.05) is 6.61 Å². The molecule has 0 saturated carbocycles. The van der Waals surface area contributed by atoms with Crippen LogP contribution in [0.3, 0.4) is 0 Å². The summed E-state index contributed by atoms with van der Waals surface area (Å²) in [7, 11) is 0. The van der Waals surface area contributed by atoms with Crippen LogP contribution >= 0.6 is 0 Å². The van der Waals surface area contributed by atoms with Gasteiger partial charge in [-0.1, -0.05) is 37.3 Å². The number of hydrogen-bond acceptors (Lipinski definition) is 2. The van der Waals surface area contributed by atoms with Crippen LogP contribution in [0.4, 0.5) is 0 Å². The first-order valence-corrected chi connectivity index (χ1v) is 5.26. The maximum Gasteiger partial charge on any atom is 0.335 e. The average Bonchev–Trinajstić information content (AvgIpc) is 2.32. The summed E-state index contributed by atoms with van der Waals surface area (Å²) >= 11 is 0. The standard InChI is InChI=1S/C7H6O2.C6H12O/c8-7(9)6-4-2-1-3-5-6;1-2-3-4-5-6-7/h1-5H,(H,8,9);3-4,7H,2,5-6H2,1H3/b;4-3+. The average molecular weight is 222 g/mol. The molecule has 1 rings (SSSR count). The van der Waals surface area contributed by atoms with Crippen molar-refractivity contribution in [1.29, 1.82) is 0 Å². The number of rotatable bonds is 4. The molecule has 3 nitrogen and oxygen atoms in total. The van der Waals surface area contributed by atoms with Crippen LogP contribution in [0.1, 0.15) is 30.1 Å². The van der Waals surface area contributed by atoms with Gasteiger partial charge >= 0.3 is 5.97 Å². The number of aliphatic hydroxyl groups is 1. The molecule has 0 bridgehead atoms. The van der Waals surface area contributed by atoms with Crippen molar-refractivity contribution in [3.05, 3.63) is 48.0 Å². The van der Waals surface area contributed by atoms with Gasteiger partial charge < -0.3 is 10.2 Å². The zero-order chi connectivity index (χ0) is 12.2. The molecule has 0 aliphatic rings. The minimum atomic E-state index is -0.879. The highest BCUT2D eigenvalue weighted by molar-refractivity contribution is 5.87. The Morgan fingerprint density at radius 1 is 1.25 bits per heavy atom. The number of allylic oxidation sites excluding steroid dienone is 1. The number of carboxylic acid groups (broad SMARTS) is 1. The van der Waals surface area contributed by atoms with Crippen LogP contribution in [0, 0.1) is 0 Å². The molecule has 0 heterocycles. The fourth-order valence-electron chi connectivity index (χ4n) is 0.940. The van der Waals surface area contributed by atoms with Crippen molar-refractivity contribution >= 4 is 5.97 Å². The molecular weight excluding hydrogens is 204 g/mol. The molecule has 0 unspecified atom stereocenters. The summed E-state index contributed by atoms with van der Waals surface area (Å²) in [5, 5.41) is 16.6. The minimum Gasteiger partial charge on any atom is -0.478 e. The van der Waals surface area contributed by atoms with E-state index in [1.54, 1.807) is 30.3 Å². The summed E-state index contributed by atoms with van der Waals surface area (Å²) in [5.41, 5.74) is 0.331. The second kappa shape index (κ2) is 9.93. The van der Waals surface area contributed by atoms with Crippen molar-refractivity contribution in [1.82, 2.24) is 0 Å². The number of hydrogen-bond donors (Lipinski definition) is 2. The molecule has 0 aliphatic heterocycles. The molecule has 0 saturated heterocycles. The lowest BCUT2D eigenvalue weighted by atomic mass is 10.2. The fourth-order valence-corrected chi connectivity index (χ4v) is 0.940. The molecule has 16 heavy (non-hydrogen) atoms. The molecule has 2 N–H and O–H groups in total. The molecule has 0 atom stereocenters. The normalized spacial score (nSPS) is 9.62. The molecule has 0 radical (unpaired) electrons. The van der Waals surface area contributed by atoms with Gasteiger partial charge in [0.05, 0.1) is 5.56 Å². The maximum absolute atomic E-state index is 10.2. The van der Waals surface area contributed by atoms with Crippen LogP contribution in [0.5, 0.6) is 0 Å². The van der Waals surface area contributed by atoms with Crippen molar-refractivity contribution in [2.75, 3.05) is 6.61 Å². The minimum absolute atomic E-state index is 0.274. The Hall–Kier alpha value is -1.61. The monoisotopic (exact) mass is 222 g/mol. The predicted molar refractivity (Wildman–Crippen MR) is 64.5 cm³/mol. The molecule has 3 heteroatoms. The summed E-state index contributed by atoms with van der Waals surface area (Å²) in [6, 6.07) is 8.30. The van der Waals surface area contributed by atoms with Crippen molar-refractivity contribution in [2.24, 2.45) is 0 Å². The molecule has 0 fully saturated rings. The molecule has 0 aliphatic carbocycles. The molecule has 0 amide bonds. The zero-order valence-corrected chi connectivity index (χ0v) is 9.47. The highest BCUT2D eigenvalue weighted by Gasteiger charge is 1.96. The smallest absolute Gasteiger partial charge is 0.335 e. The van der Waals surface area contributed by atoms with Gasteiger partial charge in [-0.25, -0.2) is 4.79 Å². The van der Waals surface area contributed by atoms with E-state index in [2.05, 4.69) is 13.0 Å². The van der Waals surface area contributed by atoms with E-state index < -0.39 is 5.97 Å². The predicted octanol–water partition coefficient (Wildman–Crippen LogP) is 2.72. The van der Waals surface area contributed by atoms with Crippen LogP contribution < -0.4 is 0 Å². The second-order valence-electron chi connectivity index (χ2n) is 3.06. The molecule has 1 aromatic rings. The summed E-state index contributed by atoms with van der Waals surface area (Å²) in [5.74, 6) is -0.879. The zero-order valence-electron chi connectivity index (χ0n) is 9.47. The quantitative estimate of drug-likeness (QED) is 0.770. The van der Waals surface area contributed by atoms with Crippen molar-refractivity contribution < 1.29 is 15.0 Å². The molecular formula is C13H18O3. The molecule has 0 aromatic heterocycles. The third-order valence-corrected chi connectivity index (χ3v) is 1.72. The lowest BCUT2D eigenvalue weighted by Crippen LogP contribution is -1.93. The van der Waals surface area contributed by atoms with Crippen LogP contribution in [0.15, 0.2) is 42.5 Å². The number of carboxylic acids is 1. The summed E-state index contributed by atoms with van der Waals surface area (Å²) in [4.78, 5) is 10.2. The van der Waals surface area contributed by atoms with Crippen molar-refractivity contribution in [3.63, 3.8) is 0 Å². The highest BCUT2D eigenvalue weighted by atomic mass is 16.4. The van der Waals surface area contributed by atoms with Crippen LogP contribution in [-0.4, -0.2) is 22.8 Å². The molecule has 1 aromatic carbocycles. The van der Waals surface area contributed by atoms with E-state index in [0.717, 1.165) is 12.8 Å². The van der Waals surface area contributed by atoms with Gasteiger partial charge in [0.1, 0.15) is 0 Å². The largest absolute Gasteiger partial charge is 0.478 e. The Morgan fingerprint density at radius 3 is 2.25 bits per heavy atom. The van der Waals surface area contributed by atoms with Gasteiger partial charge in [-0.3, -0.25) is 0 Å². The third-order valence-electron chi connectivity index (χ3n) is 1.72. The summed E-state index contributed by atoms with van der Waals surface area (Å²) < 4.78 is 0. The Balaban J connectivity index is 0.000000293. The van der Waals surface area contributed by atoms with Crippen LogP contribution in [-0.2, 0) is 0 Å². The van der Waals surface area contributed by atoms with Gasteiger partial charge in [-0.05, 0) is 25.0 Å². The number of carbonyl (C=O) groups is 1. The van der Waals surface area contributed by atoms with E-state index in [4.69, 9.17) is 10.2 Å². The van der Waals surface area contributed by atoms with Gasteiger partial charge in [0.15, 0.2) is 0 Å². The fraction of sp³-hybridized carbons (Fsp3) is 0.308. The van der Waals surface area contributed by atoms with E-state index in [9.17, 15) is 4.79 Å². The van der Waals surface area contributed by atoms with Gasteiger partial charge in [0.2, 0.25) is 0 Å². The Bertz CT molecular complexity index is 304. The Morgan fingerprint density at radius 2 is 1.88 bits per heavy atom. The first kappa shape index (κ1) is 14.4. The van der Waals surface area contributed by atoms with Gasteiger partial charge in [-0.15, -0.1) is 0 Å². The van der Waals surface area contributed by atoms with Gasteiger partial charge in [0.25, 0.3) is 0 Å². The van der Waals surface area contributed by atoms with Crippen molar-refractivity contribution in [2.45, 2.75) is 19.8 Å². The van der Waals surface area contributed by atoms with Gasteiger partial charge in [-0.2, -0.15) is 0 Å². The van der Waals surface area contributed by atoms with Crippen LogP contribution in [0.25, 0.3) is 0 Å². The number of aromatic carboxylic acids is 1. The third kappa shape index (κ3) is 7.76. The summed E-state index contributed by atoms with van der Waals surface area (Å²) in [6.45, 7) is 2.35. The van der Waals surface area contributed by atoms with Crippen LogP contribution in [0.2, 0.25) is 0 Å². The SMILES string of the molecule is CC/C=C/CCO.O=C(O)c1ccccc1. The highest BCUT2D eigenvalue weighted by Crippen LogP contribution is 1.96. The van der Waals surface area contributed by atoms with Crippen molar-refractivity contribution in [3.8, 4) is 0 Å². The lowest BCUT2D eigenvalue weighted by Gasteiger charge is -1.88. The molecule has 0 spiro atoms. The van der Waals surface area contributed by atoms with E-state index in [1.165, 1.54) is 0 Å². The number of aliphatic hydroxyl groups excluding tert-OH is 1. The summed E-state index contributed by atoms with van der Waals surface area (Å²) in [6.07, 6.45) is 5.91. The molecule has 88 valence electrons. The second-order valence-corrected chi connectivity index (χ2v) is 3.06. The lowest BCUT2D eigenvalue weighted by molar-refractivity contribution is 0.0697. The number of benzene rings is 1. The Labute approximate surface area is 96.1 Å². The first-order valence-electron chi connectivity index (χ1n) is 5.26. The van der Waals surface area contributed by atoms with E-state index in [-0.39, 0.29) is 6.61 Å². The van der Waals surface area contributed by atoms with E-state index in [0.29, 0.717) is 5.56 Å². The first-order chi connectivity index (χ1) is 7.72. The van der Waals surface area contributed by atoms with E-state index >= 15 is 0 Å².